The molecule has 0 fully saturated rings. The zero-order valence-corrected chi connectivity index (χ0v) is 20.3. The van der Waals surface area contributed by atoms with Gasteiger partial charge in [-0.3, -0.25) is 0 Å². The monoisotopic (exact) mass is 444 g/mol. The van der Waals surface area contributed by atoms with Crippen molar-refractivity contribution in [3.8, 4) is 0 Å². The molecule has 1 aliphatic heterocycles. The molecule has 1 aliphatic rings. The SMILES string of the molecule is CCN1C(c2ccccc2)=C(c2ccccc2)N(Cc2ccccc2)C1c1cc(C)cc(C)c1. The molecular weight excluding hydrogens is 412 g/mol. The van der Waals surface area contributed by atoms with Crippen LogP contribution in [-0.2, 0) is 6.54 Å². The molecule has 34 heavy (non-hydrogen) atoms. The Balaban J connectivity index is 1.76. The van der Waals surface area contributed by atoms with E-state index in [0.717, 1.165) is 13.1 Å². The minimum Gasteiger partial charge on any atom is -0.345 e. The maximum Gasteiger partial charge on any atom is 0.128 e. The fraction of sp³-hybridized carbons (Fsp3) is 0.188. The predicted molar refractivity (Wildman–Crippen MR) is 143 cm³/mol. The summed E-state index contributed by atoms with van der Waals surface area (Å²) in [6.07, 6.45) is 0.120. The van der Waals surface area contributed by atoms with Gasteiger partial charge in [0, 0.05) is 24.2 Å². The number of benzene rings is 4. The van der Waals surface area contributed by atoms with E-state index in [-0.39, 0.29) is 6.17 Å². The molecule has 0 saturated heterocycles. The van der Waals surface area contributed by atoms with Gasteiger partial charge in [0.1, 0.15) is 6.17 Å². The second-order valence-electron chi connectivity index (χ2n) is 9.12. The van der Waals surface area contributed by atoms with Crippen LogP contribution in [0.15, 0.2) is 109 Å². The minimum absolute atomic E-state index is 0.120. The van der Waals surface area contributed by atoms with Crippen LogP contribution >= 0.6 is 0 Å². The zero-order chi connectivity index (χ0) is 23.5. The van der Waals surface area contributed by atoms with Crippen molar-refractivity contribution < 1.29 is 0 Å². The number of aryl methyl sites for hydroxylation is 2. The van der Waals surface area contributed by atoms with Crippen LogP contribution in [0.25, 0.3) is 11.4 Å². The van der Waals surface area contributed by atoms with Crippen LogP contribution < -0.4 is 0 Å². The molecule has 5 rings (SSSR count). The summed E-state index contributed by atoms with van der Waals surface area (Å²) in [5.74, 6) is 0. The first kappa shape index (κ1) is 22.0. The van der Waals surface area contributed by atoms with Crippen molar-refractivity contribution in [2.75, 3.05) is 6.54 Å². The fourth-order valence-electron chi connectivity index (χ4n) is 5.28. The van der Waals surface area contributed by atoms with Crippen molar-refractivity contribution in [2.24, 2.45) is 0 Å². The highest BCUT2D eigenvalue weighted by Gasteiger charge is 2.39. The first-order chi connectivity index (χ1) is 16.7. The molecule has 0 saturated carbocycles. The first-order valence-corrected chi connectivity index (χ1v) is 12.2. The summed E-state index contributed by atoms with van der Waals surface area (Å²) >= 11 is 0. The molecule has 1 heterocycles. The van der Waals surface area contributed by atoms with Crippen LogP contribution in [0.4, 0.5) is 0 Å². The van der Waals surface area contributed by atoms with E-state index >= 15 is 0 Å². The van der Waals surface area contributed by atoms with Gasteiger partial charge in [-0.2, -0.15) is 0 Å². The van der Waals surface area contributed by atoms with Crippen molar-refractivity contribution >= 4 is 11.4 Å². The van der Waals surface area contributed by atoms with Crippen molar-refractivity contribution in [1.29, 1.82) is 0 Å². The van der Waals surface area contributed by atoms with E-state index in [2.05, 4.69) is 140 Å². The molecule has 1 atom stereocenters. The highest BCUT2D eigenvalue weighted by atomic mass is 15.4. The number of nitrogens with zero attached hydrogens (tertiary/aromatic N) is 2. The van der Waals surface area contributed by atoms with E-state index in [0.29, 0.717) is 0 Å². The highest BCUT2D eigenvalue weighted by Crippen LogP contribution is 2.48. The Morgan fingerprint density at radius 1 is 0.588 bits per heavy atom. The third-order valence-electron chi connectivity index (χ3n) is 6.56. The molecule has 2 heteroatoms. The van der Waals surface area contributed by atoms with Gasteiger partial charge in [-0.1, -0.05) is 120 Å². The molecule has 1 unspecified atom stereocenters. The normalized spacial score (nSPS) is 15.8. The van der Waals surface area contributed by atoms with Gasteiger partial charge in [-0.15, -0.1) is 0 Å². The molecule has 4 aromatic rings. The van der Waals surface area contributed by atoms with Crippen LogP contribution in [0.2, 0.25) is 0 Å². The van der Waals surface area contributed by atoms with Crippen LogP contribution in [0, 0.1) is 13.8 Å². The molecule has 0 spiro atoms. The van der Waals surface area contributed by atoms with Gasteiger partial charge >= 0.3 is 0 Å². The summed E-state index contributed by atoms with van der Waals surface area (Å²) in [5.41, 5.74) is 10.4. The Labute approximate surface area is 203 Å². The third-order valence-corrected chi connectivity index (χ3v) is 6.56. The van der Waals surface area contributed by atoms with E-state index in [1.807, 2.05) is 0 Å². The Hall–Kier alpha value is -3.78. The predicted octanol–water partition coefficient (Wildman–Crippen LogP) is 7.67. The van der Waals surface area contributed by atoms with Gasteiger partial charge in [-0.25, -0.2) is 0 Å². The molecule has 0 aliphatic carbocycles. The maximum atomic E-state index is 2.60. The minimum atomic E-state index is 0.120. The second-order valence-corrected chi connectivity index (χ2v) is 9.12. The summed E-state index contributed by atoms with van der Waals surface area (Å²) < 4.78 is 0. The molecule has 2 nitrogen and oxygen atoms in total. The van der Waals surface area contributed by atoms with Crippen LogP contribution in [0.5, 0.6) is 0 Å². The number of hydrogen-bond acceptors (Lipinski definition) is 2. The van der Waals surface area contributed by atoms with Crippen molar-refractivity contribution in [2.45, 2.75) is 33.5 Å². The van der Waals surface area contributed by atoms with Crippen molar-refractivity contribution in [3.05, 3.63) is 143 Å². The summed E-state index contributed by atoms with van der Waals surface area (Å²) in [7, 11) is 0. The molecule has 0 bridgehead atoms. The largest absolute Gasteiger partial charge is 0.345 e. The number of hydrogen-bond donors (Lipinski definition) is 0. The Bertz CT molecular complexity index is 1260. The topological polar surface area (TPSA) is 6.48 Å². The summed E-state index contributed by atoms with van der Waals surface area (Å²) in [4.78, 5) is 5.18. The van der Waals surface area contributed by atoms with Gasteiger partial charge in [0.25, 0.3) is 0 Å². The van der Waals surface area contributed by atoms with Crippen LogP contribution in [0.3, 0.4) is 0 Å². The van der Waals surface area contributed by atoms with Crippen molar-refractivity contribution in [1.82, 2.24) is 9.80 Å². The average Bonchev–Trinajstić information content (AvgIpc) is 3.19. The summed E-state index contributed by atoms with van der Waals surface area (Å²) in [5, 5.41) is 0. The molecule has 0 amide bonds. The van der Waals surface area contributed by atoms with E-state index < -0.39 is 0 Å². The third kappa shape index (κ3) is 4.24. The maximum absolute atomic E-state index is 2.60. The van der Waals surface area contributed by atoms with Gasteiger partial charge in [0.15, 0.2) is 0 Å². The van der Waals surface area contributed by atoms with Crippen LogP contribution in [-0.4, -0.2) is 16.3 Å². The molecule has 0 N–H and O–H groups in total. The summed E-state index contributed by atoms with van der Waals surface area (Å²) in [6, 6.07) is 39.6. The number of rotatable bonds is 6. The molecular formula is C32H32N2. The lowest BCUT2D eigenvalue weighted by Crippen LogP contribution is -2.32. The molecule has 0 aromatic heterocycles. The van der Waals surface area contributed by atoms with E-state index in [9.17, 15) is 0 Å². The van der Waals surface area contributed by atoms with Gasteiger partial charge in [0.05, 0.1) is 11.4 Å². The van der Waals surface area contributed by atoms with Gasteiger partial charge in [0.2, 0.25) is 0 Å². The lowest BCUT2D eigenvalue weighted by Gasteiger charge is -2.35. The quantitative estimate of drug-likeness (QED) is 0.301. The van der Waals surface area contributed by atoms with Gasteiger partial charge < -0.3 is 9.80 Å². The van der Waals surface area contributed by atoms with E-state index in [4.69, 9.17) is 0 Å². The zero-order valence-electron chi connectivity index (χ0n) is 20.3. The summed E-state index contributed by atoms with van der Waals surface area (Å²) in [6.45, 7) is 8.44. The molecule has 170 valence electrons. The lowest BCUT2D eigenvalue weighted by molar-refractivity contribution is 0.167. The second kappa shape index (κ2) is 9.61. The van der Waals surface area contributed by atoms with E-state index in [1.165, 1.54) is 44.8 Å². The fourth-order valence-corrected chi connectivity index (χ4v) is 5.28. The Morgan fingerprint density at radius 3 is 1.56 bits per heavy atom. The van der Waals surface area contributed by atoms with E-state index in [1.54, 1.807) is 0 Å². The first-order valence-electron chi connectivity index (χ1n) is 12.2. The highest BCUT2D eigenvalue weighted by molar-refractivity contribution is 5.91. The Morgan fingerprint density at radius 2 is 1.06 bits per heavy atom. The molecule has 0 radical (unpaired) electrons. The standard InChI is InChI=1S/C32H32N2/c1-4-33-30(27-16-10-6-11-17-27)31(28-18-12-7-13-19-28)34(23-26-14-8-5-9-15-26)32(33)29-21-24(2)20-25(3)22-29/h5-22,32H,4,23H2,1-3H3. The average molecular weight is 445 g/mol. The van der Waals surface area contributed by atoms with Crippen molar-refractivity contribution in [3.63, 3.8) is 0 Å². The Kier molecular flexibility index (Phi) is 6.22. The lowest BCUT2D eigenvalue weighted by atomic mass is 10.0. The van der Waals surface area contributed by atoms with Crippen LogP contribution in [0.1, 0.15) is 46.5 Å². The molecule has 4 aromatic carbocycles. The van der Waals surface area contributed by atoms with Gasteiger partial charge in [-0.05, 0) is 31.9 Å². The smallest absolute Gasteiger partial charge is 0.128 e.